The van der Waals surface area contributed by atoms with E-state index < -0.39 is 49.5 Å². The molecule has 11 nitrogen and oxygen atoms in total. The SMILES string of the molecule is CCCCCCCCC/C=C/C(O)C(COC1OC(CO)C(O)C(O)C1O)NC(=O)CCCCCCCCCCCCCCCCCCC/C=C\C/C=C\CCCCCCCCCCCCCCCOC(=O)CCCCCCCCCCCCCCCCCCCCC. The molecule has 0 spiro atoms. The number of ether oxygens (including phenoxy) is 3. The molecule has 1 heterocycles. The van der Waals surface area contributed by atoms with Crippen molar-refractivity contribution in [2.24, 2.45) is 0 Å². The quantitative estimate of drug-likeness (QED) is 0.0195. The largest absolute Gasteiger partial charge is 0.466 e. The van der Waals surface area contributed by atoms with E-state index in [1.54, 1.807) is 6.08 Å². The van der Waals surface area contributed by atoms with E-state index in [9.17, 15) is 35.1 Å². The van der Waals surface area contributed by atoms with Crippen molar-refractivity contribution >= 4 is 11.9 Å². The first-order valence-corrected chi connectivity index (χ1v) is 40.8. The van der Waals surface area contributed by atoms with Gasteiger partial charge < -0.3 is 45.1 Å². The van der Waals surface area contributed by atoms with E-state index >= 15 is 0 Å². The van der Waals surface area contributed by atoms with Gasteiger partial charge in [-0.3, -0.25) is 9.59 Å². The maximum Gasteiger partial charge on any atom is 0.305 e. The van der Waals surface area contributed by atoms with E-state index in [2.05, 4.69) is 43.5 Å². The second kappa shape index (κ2) is 71.2. The number of unbranched alkanes of at least 4 members (excludes halogenated alkanes) is 55. The molecule has 0 aromatic carbocycles. The van der Waals surface area contributed by atoms with Crippen molar-refractivity contribution in [1.82, 2.24) is 5.32 Å². The fourth-order valence-corrected chi connectivity index (χ4v) is 13.1. The fraction of sp³-hybridized carbons (Fsp3) is 0.902. The van der Waals surface area contributed by atoms with Gasteiger partial charge in [0.25, 0.3) is 0 Å². The fourth-order valence-electron chi connectivity index (χ4n) is 13.1. The maximum atomic E-state index is 13.0. The van der Waals surface area contributed by atoms with Gasteiger partial charge in [-0.1, -0.05) is 371 Å². The third-order valence-corrected chi connectivity index (χ3v) is 19.5. The van der Waals surface area contributed by atoms with Crippen LogP contribution in [0, 0.1) is 0 Å². The van der Waals surface area contributed by atoms with Crippen LogP contribution in [0.15, 0.2) is 36.5 Å². The number of amides is 1. The minimum absolute atomic E-state index is 0.0181. The zero-order valence-electron chi connectivity index (χ0n) is 61.2. The van der Waals surface area contributed by atoms with Gasteiger partial charge in [-0.2, -0.15) is 0 Å². The Balaban J connectivity index is 1.85. The van der Waals surface area contributed by atoms with E-state index in [-0.39, 0.29) is 18.5 Å². The van der Waals surface area contributed by atoms with Gasteiger partial charge in [0.2, 0.25) is 5.91 Å². The molecule has 548 valence electrons. The Bertz CT molecular complexity index is 1640. The van der Waals surface area contributed by atoms with Crippen molar-refractivity contribution in [1.29, 1.82) is 0 Å². The lowest BCUT2D eigenvalue weighted by Crippen LogP contribution is -2.60. The van der Waals surface area contributed by atoms with Gasteiger partial charge in [0, 0.05) is 12.8 Å². The summed E-state index contributed by atoms with van der Waals surface area (Å²) >= 11 is 0. The predicted molar refractivity (Wildman–Crippen MR) is 394 cm³/mol. The molecule has 1 rings (SSSR count). The second-order valence-corrected chi connectivity index (χ2v) is 28.5. The van der Waals surface area contributed by atoms with Crippen LogP contribution in [0.3, 0.4) is 0 Å². The van der Waals surface area contributed by atoms with Gasteiger partial charge in [0.15, 0.2) is 6.29 Å². The predicted octanol–water partition coefficient (Wildman–Crippen LogP) is 22.1. The van der Waals surface area contributed by atoms with Crippen molar-refractivity contribution in [3.05, 3.63) is 36.5 Å². The molecule has 1 saturated heterocycles. The van der Waals surface area contributed by atoms with Crippen LogP contribution < -0.4 is 5.32 Å². The molecule has 1 amide bonds. The summed E-state index contributed by atoms with van der Waals surface area (Å²) in [5.74, 6) is -0.161. The maximum absolute atomic E-state index is 13.0. The van der Waals surface area contributed by atoms with E-state index in [0.29, 0.717) is 19.4 Å². The summed E-state index contributed by atoms with van der Waals surface area (Å²) in [6, 6.07) is -0.807. The van der Waals surface area contributed by atoms with Gasteiger partial charge in [0.05, 0.1) is 32.0 Å². The van der Waals surface area contributed by atoms with Crippen molar-refractivity contribution in [2.75, 3.05) is 19.8 Å². The summed E-state index contributed by atoms with van der Waals surface area (Å²) in [7, 11) is 0. The summed E-state index contributed by atoms with van der Waals surface area (Å²) in [6.07, 6.45) is 83.5. The Morgan fingerprint density at radius 2 is 0.720 bits per heavy atom. The average Bonchev–Trinajstić information content (AvgIpc) is 1.10. The number of rotatable bonds is 73. The molecule has 1 aliphatic heterocycles. The molecule has 0 radical (unpaired) electrons. The van der Waals surface area contributed by atoms with Crippen LogP contribution in [0.4, 0.5) is 0 Å². The molecule has 0 saturated carbocycles. The first kappa shape index (κ1) is 88.9. The Hall–Kier alpha value is -2.12. The van der Waals surface area contributed by atoms with E-state index in [4.69, 9.17) is 14.2 Å². The number of carbonyl (C=O) groups excluding carboxylic acids is 2. The Morgan fingerprint density at radius 3 is 1.09 bits per heavy atom. The molecule has 0 bridgehead atoms. The Morgan fingerprint density at radius 1 is 0.398 bits per heavy atom. The molecule has 1 aliphatic rings. The smallest absolute Gasteiger partial charge is 0.305 e. The summed E-state index contributed by atoms with van der Waals surface area (Å²) in [4.78, 5) is 25.2. The zero-order chi connectivity index (χ0) is 67.2. The monoisotopic (exact) mass is 1310 g/mol. The minimum Gasteiger partial charge on any atom is -0.466 e. The summed E-state index contributed by atoms with van der Waals surface area (Å²) in [5.41, 5.74) is 0. The molecule has 7 atom stereocenters. The lowest BCUT2D eigenvalue weighted by atomic mass is 9.99. The second-order valence-electron chi connectivity index (χ2n) is 28.5. The molecule has 6 N–H and O–H groups in total. The van der Waals surface area contributed by atoms with E-state index in [0.717, 1.165) is 57.8 Å². The highest BCUT2D eigenvalue weighted by Crippen LogP contribution is 2.24. The van der Waals surface area contributed by atoms with Crippen LogP contribution >= 0.6 is 0 Å². The van der Waals surface area contributed by atoms with Crippen molar-refractivity contribution in [2.45, 2.75) is 455 Å². The normalized spacial score (nSPS) is 17.6. The number of hydrogen-bond donors (Lipinski definition) is 6. The van der Waals surface area contributed by atoms with Crippen molar-refractivity contribution < 1.29 is 49.3 Å². The number of nitrogens with one attached hydrogen (secondary N) is 1. The summed E-state index contributed by atoms with van der Waals surface area (Å²) in [6.45, 7) is 4.37. The molecule has 11 heteroatoms. The molecular weight excluding hydrogens is 1160 g/mol. The first-order valence-electron chi connectivity index (χ1n) is 40.8. The number of esters is 1. The van der Waals surface area contributed by atoms with E-state index in [1.807, 2.05) is 6.08 Å². The number of aliphatic hydroxyl groups is 5. The first-order chi connectivity index (χ1) is 45.7. The van der Waals surface area contributed by atoms with Crippen LogP contribution in [0.1, 0.15) is 412 Å². The summed E-state index contributed by atoms with van der Waals surface area (Å²) in [5, 5.41) is 54.3. The number of allylic oxidation sites excluding steroid dienone is 5. The van der Waals surface area contributed by atoms with Crippen LogP contribution in [0.5, 0.6) is 0 Å². The average molecular weight is 1320 g/mol. The number of carbonyl (C=O) groups is 2. The minimum atomic E-state index is -1.57. The molecule has 1 fully saturated rings. The van der Waals surface area contributed by atoms with Gasteiger partial charge in [0.1, 0.15) is 24.4 Å². The molecule has 0 aromatic rings. The molecule has 0 aromatic heterocycles. The van der Waals surface area contributed by atoms with Crippen LogP contribution in [0.25, 0.3) is 0 Å². The standard InChI is InChI=1S/C82H155NO10/c1-3-5-7-9-11-13-14-15-16-17-37-41-44-47-50-54-58-62-66-70-78(87)91-71-67-63-59-55-51-48-45-42-39-36-34-32-30-28-26-24-22-20-18-19-21-23-25-27-29-31-33-35-38-40-43-46-49-53-57-61-65-69-77(86)83-74(75(85)68-64-60-56-52-12-10-8-6-4-2)73-92-82-81(90)80(89)79(88)76(72-84)93-82/h18,20,24,26,64,68,74-76,79-82,84-85,88-90H,3-17,19,21-23,25,27-63,65-67,69-73H2,1-2H3,(H,83,86)/b20-18-,26-24-,68-64+. The molecule has 93 heavy (non-hydrogen) atoms. The summed E-state index contributed by atoms with van der Waals surface area (Å²) < 4.78 is 16.8. The number of hydrogen-bond acceptors (Lipinski definition) is 10. The Kier molecular flexibility index (Phi) is 68.0. The van der Waals surface area contributed by atoms with E-state index in [1.165, 1.54) is 327 Å². The van der Waals surface area contributed by atoms with Crippen LogP contribution in [-0.2, 0) is 23.8 Å². The van der Waals surface area contributed by atoms with Crippen molar-refractivity contribution in [3.8, 4) is 0 Å². The Labute approximate surface area is 574 Å². The zero-order valence-corrected chi connectivity index (χ0v) is 61.2. The van der Waals surface area contributed by atoms with Gasteiger partial charge in [-0.15, -0.1) is 0 Å². The molecule has 7 unspecified atom stereocenters. The lowest BCUT2D eigenvalue weighted by molar-refractivity contribution is -0.302. The van der Waals surface area contributed by atoms with Gasteiger partial charge in [-0.05, 0) is 64.2 Å². The third-order valence-electron chi connectivity index (χ3n) is 19.5. The van der Waals surface area contributed by atoms with Gasteiger partial charge in [-0.25, -0.2) is 0 Å². The highest BCUT2D eigenvalue weighted by Gasteiger charge is 2.44. The molecular formula is C82H155NO10. The number of aliphatic hydroxyl groups excluding tert-OH is 5. The lowest BCUT2D eigenvalue weighted by Gasteiger charge is -2.40. The van der Waals surface area contributed by atoms with Gasteiger partial charge >= 0.3 is 5.97 Å². The van der Waals surface area contributed by atoms with Crippen molar-refractivity contribution in [3.63, 3.8) is 0 Å². The highest BCUT2D eigenvalue weighted by molar-refractivity contribution is 5.76. The van der Waals surface area contributed by atoms with Crippen LogP contribution in [-0.4, -0.2) is 100 Å². The topological polar surface area (TPSA) is 175 Å². The van der Waals surface area contributed by atoms with Crippen LogP contribution in [0.2, 0.25) is 0 Å². The molecule has 0 aliphatic carbocycles. The third kappa shape index (κ3) is 59.6. The highest BCUT2D eigenvalue weighted by atomic mass is 16.7.